The zero-order valence-corrected chi connectivity index (χ0v) is 16.2. The number of hydrogen-bond acceptors (Lipinski definition) is 5. The van der Waals surface area contributed by atoms with Crippen molar-refractivity contribution in [2.24, 2.45) is 0 Å². The SMILES string of the molecule is Nc1nc(=O)n([C@@H]2CCCS2)cc1C#CCn1ccnc1C1CCCCC1. The third-order valence-corrected chi connectivity index (χ3v) is 6.76. The van der Waals surface area contributed by atoms with Crippen LogP contribution in [0.5, 0.6) is 0 Å². The maximum Gasteiger partial charge on any atom is 0.350 e. The summed E-state index contributed by atoms with van der Waals surface area (Å²) in [6, 6.07) is 0. The Hall–Kier alpha value is -2.20. The first-order valence-corrected chi connectivity index (χ1v) is 10.8. The second-order valence-corrected chi connectivity index (χ2v) is 8.53. The minimum Gasteiger partial charge on any atom is -0.382 e. The third kappa shape index (κ3) is 4.06. The maximum atomic E-state index is 12.2. The van der Waals surface area contributed by atoms with E-state index in [0.29, 0.717) is 18.0 Å². The van der Waals surface area contributed by atoms with Crippen LogP contribution in [0.25, 0.3) is 0 Å². The summed E-state index contributed by atoms with van der Waals surface area (Å²) in [6.45, 7) is 0.572. The van der Waals surface area contributed by atoms with Gasteiger partial charge in [0.25, 0.3) is 0 Å². The monoisotopic (exact) mass is 383 g/mol. The zero-order chi connectivity index (χ0) is 18.6. The van der Waals surface area contributed by atoms with Crippen LogP contribution < -0.4 is 11.4 Å². The van der Waals surface area contributed by atoms with Gasteiger partial charge >= 0.3 is 5.69 Å². The molecule has 2 aliphatic rings. The van der Waals surface area contributed by atoms with E-state index >= 15 is 0 Å². The van der Waals surface area contributed by atoms with E-state index in [9.17, 15) is 4.79 Å². The number of rotatable bonds is 3. The van der Waals surface area contributed by atoms with Gasteiger partial charge in [-0.25, -0.2) is 9.78 Å². The predicted octanol–water partition coefficient (Wildman–Crippen LogP) is 3.15. The van der Waals surface area contributed by atoms with Gasteiger partial charge < -0.3 is 10.3 Å². The summed E-state index contributed by atoms with van der Waals surface area (Å²) in [5.74, 6) is 9.29. The zero-order valence-electron chi connectivity index (χ0n) is 15.4. The maximum absolute atomic E-state index is 12.2. The van der Waals surface area contributed by atoms with E-state index in [2.05, 4.69) is 26.4 Å². The highest BCUT2D eigenvalue weighted by Crippen LogP contribution is 2.34. The van der Waals surface area contributed by atoms with Crippen LogP contribution in [0.15, 0.2) is 23.4 Å². The lowest BCUT2D eigenvalue weighted by Crippen LogP contribution is -2.26. The van der Waals surface area contributed by atoms with Crippen LogP contribution in [0.2, 0.25) is 0 Å². The topological polar surface area (TPSA) is 78.7 Å². The molecule has 2 aromatic heterocycles. The summed E-state index contributed by atoms with van der Waals surface area (Å²) in [5.41, 5.74) is 6.28. The Labute approximate surface area is 163 Å². The average Bonchev–Trinajstić information content (AvgIpc) is 3.36. The van der Waals surface area contributed by atoms with E-state index in [4.69, 9.17) is 5.73 Å². The lowest BCUT2D eigenvalue weighted by atomic mass is 9.88. The molecule has 2 fully saturated rings. The Morgan fingerprint density at radius 3 is 2.85 bits per heavy atom. The van der Waals surface area contributed by atoms with E-state index in [1.807, 2.05) is 12.4 Å². The molecule has 1 aliphatic carbocycles. The molecule has 4 rings (SSSR count). The van der Waals surface area contributed by atoms with Gasteiger partial charge in [0.2, 0.25) is 0 Å². The van der Waals surface area contributed by atoms with Crippen molar-refractivity contribution >= 4 is 17.6 Å². The molecule has 0 bridgehead atoms. The van der Waals surface area contributed by atoms with Crippen molar-refractivity contribution in [3.8, 4) is 11.8 Å². The van der Waals surface area contributed by atoms with Gasteiger partial charge in [0.05, 0.1) is 17.5 Å². The van der Waals surface area contributed by atoms with Crippen molar-refractivity contribution in [1.82, 2.24) is 19.1 Å². The van der Waals surface area contributed by atoms with Gasteiger partial charge in [0, 0.05) is 24.5 Å². The number of hydrogen-bond donors (Lipinski definition) is 1. The minimum atomic E-state index is -0.286. The number of aromatic nitrogens is 4. The number of nitrogens with zero attached hydrogens (tertiary/aromatic N) is 4. The molecule has 142 valence electrons. The van der Waals surface area contributed by atoms with Crippen LogP contribution in [0.3, 0.4) is 0 Å². The summed E-state index contributed by atoms with van der Waals surface area (Å²) in [7, 11) is 0. The van der Waals surface area contributed by atoms with Crippen LogP contribution in [-0.4, -0.2) is 24.9 Å². The number of nitrogen functional groups attached to an aromatic ring is 1. The van der Waals surface area contributed by atoms with Crippen molar-refractivity contribution in [2.75, 3.05) is 11.5 Å². The molecule has 27 heavy (non-hydrogen) atoms. The van der Waals surface area contributed by atoms with Crippen molar-refractivity contribution in [1.29, 1.82) is 0 Å². The molecule has 1 aliphatic heterocycles. The summed E-state index contributed by atoms with van der Waals surface area (Å²) in [6.07, 6.45) is 14.1. The highest BCUT2D eigenvalue weighted by Gasteiger charge is 2.20. The first-order valence-electron chi connectivity index (χ1n) is 9.72. The molecule has 2 N–H and O–H groups in total. The fourth-order valence-corrected chi connectivity index (χ4v) is 5.21. The van der Waals surface area contributed by atoms with Crippen molar-refractivity contribution in [2.45, 2.75) is 62.8 Å². The number of thioether (sulfide) groups is 1. The van der Waals surface area contributed by atoms with Crippen LogP contribution in [0, 0.1) is 11.8 Å². The highest BCUT2D eigenvalue weighted by molar-refractivity contribution is 7.99. The number of nitrogens with two attached hydrogens (primary N) is 1. The molecule has 1 atom stereocenters. The van der Waals surface area contributed by atoms with Crippen LogP contribution in [-0.2, 0) is 6.54 Å². The second kappa shape index (κ2) is 8.22. The Kier molecular flexibility index (Phi) is 5.53. The Balaban J connectivity index is 1.53. The molecule has 1 saturated carbocycles. The molecular formula is C20H25N5OS. The number of anilines is 1. The molecule has 0 spiro atoms. The van der Waals surface area contributed by atoms with Gasteiger partial charge in [-0.2, -0.15) is 4.98 Å². The highest BCUT2D eigenvalue weighted by atomic mass is 32.2. The fraction of sp³-hybridized carbons (Fsp3) is 0.550. The molecular weight excluding hydrogens is 358 g/mol. The van der Waals surface area contributed by atoms with Crippen LogP contribution in [0.4, 0.5) is 5.82 Å². The molecule has 0 aromatic carbocycles. The molecule has 0 radical (unpaired) electrons. The first-order chi connectivity index (χ1) is 13.2. The van der Waals surface area contributed by atoms with Crippen molar-refractivity contribution in [3.05, 3.63) is 40.5 Å². The molecule has 0 amide bonds. The van der Waals surface area contributed by atoms with Gasteiger partial charge in [-0.15, -0.1) is 11.8 Å². The second-order valence-electron chi connectivity index (χ2n) is 7.25. The minimum absolute atomic E-state index is 0.151. The summed E-state index contributed by atoms with van der Waals surface area (Å²) < 4.78 is 3.82. The quantitative estimate of drug-likeness (QED) is 0.824. The Morgan fingerprint density at radius 2 is 2.07 bits per heavy atom. The van der Waals surface area contributed by atoms with E-state index in [1.54, 1.807) is 22.5 Å². The molecule has 6 nitrogen and oxygen atoms in total. The molecule has 3 heterocycles. The lowest BCUT2D eigenvalue weighted by Gasteiger charge is -2.21. The summed E-state index contributed by atoms with van der Waals surface area (Å²) in [4.78, 5) is 20.7. The van der Waals surface area contributed by atoms with E-state index in [0.717, 1.165) is 24.4 Å². The van der Waals surface area contributed by atoms with Gasteiger partial charge in [-0.05, 0) is 31.4 Å². The molecule has 1 saturated heterocycles. The fourth-order valence-electron chi connectivity index (χ4n) is 3.96. The summed E-state index contributed by atoms with van der Waals surface area (Å²) >= 11 is 1.79. The van der Waals surface area contributed by atoms with Crippen LogP contribution >= 0.6 is 11.8 Å². The van der Waals surface area contributed by atoms with Gasteiger partial charge in [0.1, 0.15) is 11.6 Å². The normalized spacial score (nSPS) is 20.4. The van der Waals surface area contributed by atoms with Crippen LogP contribution in [0.1, 0.15) is 67.6 Å². The standard InChI is InChI=1S/C20H25N5OS/c21-18-16(14-25(20(26)23-18)17-9-5-13-27-17)8-4-11-24-12-10-22-19(24)15-6-2-1-3-7-15/h10,12,14-15,17H,1-3,5-7,9,11,13H2,(H2,21,23,26)/t17-/m0/s1. The van der Waals surface area contributed by atoms with E-state index in [-0.39, 0.29) is 16.9 Å². The van der Waals surface area contributed by atoms with E-state index < -0.39 is 0 Å². The number of imidazole rings is 1. The smallest absolute Gasteiger partial charge is 0.350 e. The van der Waals surface area contributed by atoms with Gasteiger partial charge in [0.15, 0.2) is 0 Å². The predicted molar refractivity (Wildman–Crippen MR) is 109 cm³/mol. The molecule has 2 aromatic rings. The third-order valence-electron chi connectivity index (χ3n) is 5.39. The molecule has 7 heteroatoms. The van der Waals surface area contributed by atoms with Crippen molar-refractivity contribution < 1.29 is 0 Å². The molecule has 0 unspecified atom stereocenters. The van der Waals surface area contributed by atoms with Crippen molar-refractivity contribution in [3.63, 3.8) is 0 Å². The Morgan fingerprint density at radius 1 is 1.22 bits per heavy atom. The summed E-state index contributed by atoms with van der Waals surface area (Å²) in [5, 5.41) is 0.151. The first kappa shape index (κ1) is 18.2. The average molecular weight is 384 g/mol. The van der Waals surface area contributed by atoms with Gasteiger partial charge in [-0.1, -0.05) is 31.1 Å². The van der Waals surface area contributed by atoms with E-state index in [1.165, 1.54) is 32.1 Å². The largest absolute Gasteiger partial charge is 0.382 e. The Bertz CT molecular complexity index is 910. The lowest BCUT2D eigenvalue weighted by molar-refractivity contribution is 0.419. The van der Waals surface area contributed by atoms with Gasteiger partial charge in [-0.3, -0.25) is 4.57 Å².